The molecule has 0 saturated heterocycles. The second kappa shape index (κ2) is 10.8. The summed E-state index contributed by atoms with van der Waals surface area (Å²) in [5.74, 6) is 0.261. The summed E-state index contributed by atoms with van der Waals surface area (Å²) in [4.78, 5) is 5.25. The molecule has 11 aromatic rings. The summed E-state index contributed by atoms with van der Waals surface area (Å²) in [5.41, 5.74) is 3.00. The molecule has 0 spiro atoms. The maximum Gasteiger partial charge on any atom is 0.140 e. The van der Waals surface area contributed by atoms with Crippen molar-refractivity contribution in [2.45, 2.75) is 0 Å². The number of rotatable bonds is 4. The van der Waals surface area contributed by atoms with Gasteiger partial charge in [0, 0.05) is 43.9 Å². The van der Waals surface area contributed by atoms with E-state index >= 15 is 0 Å². The first-order chi connectivity index (χ1) is 30.3. The third kappa shape index (κ3) is 4.05. The van der Waals surface area contributed by atoms with Crippen molar-refractivity contribution in [2.75, 3.05) is 0 Å². The van der Waals surface area contributed by atoms with Gasteiger partial charge in [-0.25, -0.2) is 4.98 Å². The summed E-state index contributed by atoms with van der Waals surface area (Å²) in [6.07, 6.45) is 0. The Bertz CT molecular complexity index is 3660. The largest absolute Gasteiger partial charge is 0.309 e. The van der Waals surface area contributed by atoms with Crippen molar-refractivity contribution in [1.82, 2.24) is 18.7 Å². The van der Waals surface area contributed by atoms with Gasteiger partial charge in [-0.05, 0) is 48.5 Å². The number of hydrogen-bond acceptors (Lipinski definition) is 1. The van der Waals surface area contributed by atoms with Gasteiger partial charge in [0.25, 0.3) is 0 Å². The van der Waals surface area contributed by atoms with Gasteiger partial charge in [-0.2, -0.15) is 0 Å². The molecular weight excluding hydrogens is 621 g/mol. The second-order valence-corrected chi connectivity index (χ2v) is 12.3. The molecule has 238 valence electrons. The monoisotopic (exact) mass is 662 g/mol. The van der Waals surface area contributed by atoms with Gasteiger partial charge in [-0.1, -0.05) is 127 Å². The van der Waals surface area contributed by atoms with Crippen LogP contribution in [-0.2, 0) is 0 Å². The molecule has 0 saturated carbocycles. The fraction of sp³-hybridized carbons (Fsp3) is 0. The maximum atomic E-state index is 9.61. The molecular formula is C47H30N4. The summed E-state index contributed by atoms with van der Waals surface area (Å²) < 4.78 is 114. The number of hydrogen-bond donors (Lipinski definition) is 0. The molecule has 7 aromatic carbocycles. The molecule has 0 fully saturated rings. The minimum atomic E-state index is -0.575. The molecule has 0 atom stereocenters. The van der Waals surface area contributed by atoms with Gasteiger partial charge in [0.1, 0.15) is 5.82 Å². The van der Waals surface area contributed by atoms with Crippen LogP contribution in [0.5, 0.6) is 0 Å². The van der Waals surface area contributed by atoms with Gasteiger partial charge in [0.15, 0.2) is 0 Å². The summed E-state index contributed by atoms with van der Waals surface area (Å²) in [5, 5.41) is 3.30. The van der Waals surface area contributed by atoms with E-state index in [1.165, 1.54) is 4.57 Å². The lowest BCUT2D eigenvalue weighted by molar-refractivity contribution is 1.06. The topological polar surface area (TPSA) is 27.7 Å². The van der Waals surface area contributed by atoms with E-state index in [9.17, 15) is 5.48 Å². The highest BCUT2D eigenvalue weighted by molar-refractivity contribution is 6.11. The predicted octanol–water partition coefficient (Wildman–Crippen LogP) is 12.0. The van der Waals surface area contributed by atoms with Gasteiger partial charge in [-0.3, -0.25) is 4.57 Å². The number of pyridine rings is 1. The van der Waals surface area contributed by atoms with Crippen LogP contribution in [0.4, 0.5) is 0 Å². The van der Waals surface area contributed by atoms with Crippen molar-refractivity contribution in [3.63, 3.8) is 0 Å². The van der Waals surface area contributed by atoms with E-state index in [1.54, 1.807) is 16.7 Å². The Morgan fingerprint density at radius 2 is 0.843 bits per heavy atom. The van der Waals surface area contributed by atoms with Crippen LogP contribution in [0.1, 0.15) is 16.4 Å². The Morgan fingerprint density at radius 3 is 1.39 bits per heavy atom. The van der Waals surface area contributed by atoms with Crippen molar-refractivity contribution in [2.24, 2.45) is 0 Å². The van der Waals surface area contributed by atoms with Gasteiger partial charge in [0.05, 0.1) is 66.6 Å². The Labute approximate surface area is 310 Å². The molecule has 0 aliphatic rings. The zero-order chi connectivity index (χ0) is 43.9. The first-order valence-corrected chi connectivity index (χ1v) is 16.4. The Balaban J connectivity index is 1.38. The third-order valence-corrected chi connectivity index (χ3v) is 9.62. The quantitative estimate of drug-likeness (QED) is 0.184. The van der Waals surface area contributed by atoms with Crippen LogP contribution in [0.15, 0.2) is 182 Å². The molecule has 0 radical (unpaired) electrons. The van der Waals surface area contributed by atoms with E-state index in [1.807, 2.05) is 102 Å². The normalized spacial score (nSPS) is 15.2. The van der Waals surface area contributed by atoms with Crippen LogP contribution >= 0.6 is 0 Å². The van der Waals surface area contributed by atoms with E-state index in [4.69, 9.17) is 16.0 Å². The minimum Gasteiger partial charge on any atom is -0.309 e. The average Bonchev–Trinajstić information content (AvgIpc) is 3.96. The lowest BCUT2D eigenvalue weighted by atomic mass is 10.1. The minimum absolute atomic E-state index is 0.0287. The smallest absolute Gasteiger partial charge is 0.140 e. The fourth-order valence-corrected chi connectivity index (χ4v) is 7.54. The molecule has 4 heteroatoms. The molecule has 0 aliphatic carbocycles. The zero-order valence-electron chi connectivity index (χ0n) is 38.7. The summed E-state index contributed by atoms with van der Waals surface area (Å²) in [6.45, 7) is 0. The fourth-order valence-electron chi connectivity index (χ4n) is 7.54. The highest BCUT2D eigenvalue weighted by atomic mass is 15.1. The lowest BCUT2D eigenvalue weighted by Gasteiger charge is -2.17. The van der Waals surface area contributed by atoms with Gasteiger partial charge in [-0.15, -0.1) is 0 Å². The first-order valence-electron chi connectivity index (χ1n) is 22.4. The summed E-state index contributed by atoms with van der Waals surface area (Å²) >= 11 is 0. The molecule has 4 heterocycles. The predicted molar refractivity (Wildman–Crippen MR) is 213 cm³/mol. The Hall–Kier alpha value is -6.91. The van der Waals surface area contributed by atoms with E-state index in [-0.39, 0.29) is 56.3 Å². The van der Waals surface area contributed by atoms with Gasteiger partial charge < -0.3 is 9.13 Å². The molecule has 0 amide bonds. The van der Waals surface area contributed by atoms with Crippen molar-refractivity contribution in [3.8, 4) is 28.5 Å². The SMILES string of the molecule is [2H]c1c([2H])c([2H])c(-n2c3ccccc3c3ccccc32)c(-c2cc(-n3c4c([2H])c([2H])c([2H])c([2H])c4c4c([2H])c([2H])c([2H])c([2H])c43)cc(-n3c4ccccc4c4ccccc43)n2)c1[2H]. The Morgan fingerprint density at radius 1 is 0.392 bits per heavy atom. The lowest BCUT2D eigenvalue weighted by Crippen LogP contribution is -2.04. The molecule has 0 aliphatic heterocycles. The van der Waals surface area contributed by atoms with E-state index in [0.29, 0.717) is 11.0 Å². The first kappa shape index (κ1) is 18.7. The standard InChI is InChI=1S/C47H30N4/c1-8-22-40-32(15-1)33-16-2-9-23-41(33)49(40)31-29-39(48-47(30-31)51-44-26-12-5-19-36(44)37-20-6-13-27-45(37)51)38-21-7-14-28-46(38)50-42-24-10-3-17-34(42)35-18-4-11-25-43(35)50/h1-30H/i1D,2D,7D,8D,9D,14D,15D,16D,21D,22D,23D,28D. The average molecular weight is 663 g/mol. The van der Waals surface area contributed by atoms with Crippen LogP contribution < -0.4 is 0 Å². The van der Waals surface area contributed by atoms with E-state index in [0.717, 1.165) is 32.6 Å². The van der Waals surface area contributed by atoms with Crippen LogP contribution in [0.3, 0.4) is 0 Å². The third-order valence-electron chi connectivity index (χ3n) is 9.62. The summed E-state index contributed by atoms with van der Waals surface area (Å²) in [6, 6.07) is 27.9. The van der Waals surface area contributed by atoms with Crippen LogP contribution in [-0.4, -0.2) is 18.7 Å². The molecule has 0 unspecified atom stereocenters. The molecule has 11 rings (SSSR count). The van der Waals surface area contributed by atoms with E-state index < -0.39 is 66.5 Å². The Kier molecular flexibility index (Phi) is 3.97. The number of benzene rings is 7. The van der Waals surface area contributed by atoms with E-state index in [2.05, 4.69) is 0 Å². The maximum absolute atomic E-state index is 9.61. The van der Waals surface area contributed by atoms with Crippen LogP contribution in [0.2, 0.25) is 0 Å². The van der Waals surface area contributed by atoms with Crippen LogP contribution in [0, 0.1) is 0 Å². The highest BCUT2D eigenvalue weighted by Gasteiger charge is 2.20. The van der Waals surface area contributed by atoms with Crippen molar-refractivity contribution in [3.05, 3.63) is 182 Å². The number of nitrogens with zero attached hydrogens (tertiary/aromatic N) is 4. The molecule has 0 bridgehead atoms. The number of fused-ring (bicyclic) bond motifs is 9. The molecule has 4 nitrogen and oxygen atoms in total. The molecule has 0 N–H and O–H groups in total. The van der Waals surface area contributed by atoms with Gasteiger partial charge in [0.2, 0.25) is 0 Å². The molecule has 4 aromatic heterocycles. The second-order valence-electron chi connectivity index (χ2n) is 12.3. The highest BCUT2D eigenvalue weighted by Crippen LogP contribution is 2.39. The number of aromatic nitrogens is 4. The van der Waals surface area contributed by atoms with Crippen molar-refractivity contribution < 1.29 is 16.4 Å². The number of para-hydroxylation sites is 7. The van der Waals surface area contributed by atoms with Crippen LogP contribution in [0.25, 0.3) is 93.9 Å². The van der Waals surface area contributed by atoms with Crippen molar-refractivity contribution >= 4 is 65.4 Å². The zero-order valence-corrected chi connectivity index (χ0v) is 26.7. The summed E-state index contributed by atoms with van der Waals surface area (Å²) in [7, 11) is 0. The molecule has 51 heavy (non-hydrogen) atoms. The van der Waals surface area contributed by atoms with Gasteiger partial charge >= 0.3 is 0 Å². The van der Waals surface area contributed by atoms with Crippen molar-refractivity contribution in [1.29, 1.82) is 0 Å².